The lowest BCUT2D eigenvalue weighted by Gasteiger charge is -2.27. The quantitative estimate of drug-likeness (QED) is 0.483. The maximum atomic E-state index is 5.91. The van der Waals surface area contributed by atoms with E-state index in [-0.39, 0.29) is 0 Å². The van der Waals surface area contributed by atoms with E-state index in [0.29, 0.717) is 31.3 Å². The van der Waals surface area contributed by atoms with Gasteiger partial charge < -0.3 is 14.4 Å². The van der Waals surface area contributed by atoms with Gasteiger partial charge in [-0.15, -0.1) is 5.10 Å². The molecule has 32 heavy (non-hydrogen) atoms. The Kier molecular flexibility index (Phi) is 7.24. The van der Waals surface area contributed by atoms with Gasteiger partial charge >= 0.3 is 0 Å². The number of aryl methyl sites for hydroxylation is 2. The zero-order chi connectivity index (χ0) is 22.5. The van der Waals surface area contributed by atoms with Crippen molar-refractivity contribution in [1.82, 2.24) is 19.2 Å². The van der Waals surface area contributed by atoms with Crippen molar-refractivity contribution in [2.45, 2.75) is 20.5 Å². The lowest BCUT2D eigenvalue weighted by atomic mass is 10.2. The second-order valence-corrected chi connectivity index (χ2v) is 8.55. The second-order valence-electron chi connectivity index (χ2n) is 8.19. The largest absolute Gasteiger partial charge is 0.492 e. The summed E-state index contributed by atoms with van der Waals surface area (Å²) in [5, 5.41) is 4.93. The number of rotatable bonds is 8. The SMILES string of the molecule is Cc1cccc(OCCN(C)Cn2nc(N3CCOCC3)n(-c3ccccc3C)c2=S)c1. The molecule has 8 heteroatoms. The Bertz CT molecular complexity index is 1100. The minimum absolute atomic E-state index is 0.590. The molecule has 2 heterocycles. The topological polar surface area (TPSA) is 47.7 Å². The molecule has 0 aliphatic carbocycles. The van der Waals surface area contributed by atoms with Gasteiger partial charge in [0.1, 0.15) is 12.4 Å². The summed E-state index contributed by atoms with van der Waals surface area (Å²) >= 11 is 5.89. The van der Waals surface area contributed by atoms with Gasteiger partial charge in [-0.1, -0.05) is 30.3 Å². The number of ether oxygens (including phenoxy) is 2. The fourth-order valence-corrected chi connectivity index (χ4v) is 4.08. The van der Waals surface area contributed by atoms with E-state index in [9.17, 15) is 0 Å². The maximum absolute atomic E-state index is 5.91. The van der Waals surface area contributed by atoms with Crippen LogP contribution in [-0.4, -0.2) is 65.8 Å². The molecule has 170 valence electrons. The normalized spacial score (nSPS) is 14.2. The van der Waals surface area contributed by atoms with E-state index in [0.717, 1.165) is 42.6 Å². The Morgan fingerprint density at radius 3 is 2.62 bits per heavy atom. The van der Waals surface area contributed by atoms with Crippen LogP contribution in [-0.2, 0) is 11.4 Å². The summed E-state index contributed by atoms with van der Waals surface area (Å²) in [5.41, 5.74) is 3.42. The molecular formula is C24H31N5O2S. The van der Waals surface area contributed by atoms with Gasteiger partial charge in [0.15, 0.2) is 0 Å². The molecule has 2 aromatic carbocycles. The molecule has 0 amide bonds. The predicted molar refractivity (Wildman–Crippen MR) is 129 cm³/mol. The molecule has 0 unspecified atom stereocenters. The second kappa shape index (κ2) is 10.3. The summed E-state index contributed by atoms with van der Waals surface area (Å²) in [6.07, 6.45) is 0. The van der Waals surface area contributed by atoms with E-state index >= 15 is 0 Å². The molecule has 1 aromatic heterocycles. The van der Waals surface area contributed by atoms with Crippen LogP contribution in [0, 0.1) is 18.6 Å². The number of aromatic nitrogens is 3. The lowest BCUT2D eigenvalue weighted by Crippen LogP contribution is -2.38. The van der Waals surface area contributed by atoms with Crippen LogP contribution in [0.25, 0.3) is 5.69 Å². The molecule has 0 spiro atoms. The molecule has 0 atom stereocenters. The molecule has 0 saturated carbocycles. The van der Waals surface area contributed by atoms with Crippen LogP contribution in [0.1, 0.15) is 11.1 Å². The van der Waals surface area contributed by atoms with Gasteiger partial charge in [0.25, 0.3) is 0 Å². The summed E-state index contributed by atoms with van der Waals surface area (Å²) in [7, 11) is 2.06. The van der Waals surface area contributed by atoms with E-state index in [1.165, 1.54) is 5.56 Å². The van der Waals surface area contributed by atoms with Crippen LogP contribution in [0.5, 0.6) is 5.75 Å². The average molecular weight is 454 g/mol. The number of benzene rings is 2. The molecular weight excluding hydrogens is 422 g/mol. The molecule has 1 saturated heterocycles. The van der Waals surface area contributed by atoms with Gasteiger partial charge in [0.05, 0.1) is 25.6 Å². The Morgan fingerprint density at radius 1 is 1.09 bits per heavy atom. The molecule has 1 aliphatic rings. The van der Waals surface area contributed by atoms with Crippen molar-refractivity contribution in [3.05, 3.63) is 64.4 Å². The third-order valence-electron chi connectivity index (χ3n) is 5.58. The minimum Gasteiger partial charge on any atom is -0.492 e. The average Bonchev–Trinajstić information content (AvgIpc) is 3.10. The van der Waals surface area contributed by atoms with Crippen molar-refractivity contribution in [2.24, 2.45) is 0 Å². The number of hydrogen-bond donors (Lipinski definition) is 0. The van der Waals surface area contributed by atoms with E-state index in [4.69, 9.17) is 26.8 Å². The highest BCUT2D eigenvalue weighted by atomic mass is 32.1. The van der Waals surface area contributed by atoms with Crippen LogP contribution in [0.15, 0.2) is 48.5 Å². The highest BCUT2D eigenvalue weighted by molar-refractivity contribution is 7.71. The molecule has 0 N–H and O–H groups in total. The first-order chi connectivity index (χ1) is 15.5. The predicted octanol–water partition coefficient (Wildman–Crippen LogP) is 3.83. The van der Waals surface area contributed by atoms with Crippen molar-refractivity contribution in [1.29, 1.82) is 0 Å². The number of likely N-dealkylation sites (N-methyl/N-ethyl adjacent to an activating group) is 1. The molecule has 1 aliphatic heterocycles. The summed E-state index contributed by atoms with van der Waals surface area (Å²) in [6.45, 7) is 9.13. The Hall–Kier alpha value is -2.68. The first kappa shape index (κ1) is 22.5. The third-order valence-corrected chi connectivity index (χ3v) is 5.97. The standard InChI is InChI=1S/C24H31N5O2S/c1-19-7-6-9-21(17-19)31-16-11-26(3)18-28-24(32)29(22-10-5-4-8-20(22)2)23(25-28)27-12-14-30-15-13-27/h4-10,17H,11-16,18H2,1-3H3. The number of nitrogens with zero attached hydrogens (tertiary/aromatic N) is 5. The molecule has 7 nitrogen and oxygen atoms in total. The smallest absolute Gasteiger partial charge is 0.230 e. The zero-order valence-electron chi connectivity index (χ0n) is 19.0. The lowest BCUT2D eigenvalue weighted by molar-refractivity contribution is 0.121. The zero-order valence-corrected chi connectivity index (χ0v) is 19.8. The van der Waals surface area contributed by atoms with Crippen molar-refractivity contribution in [3.8, 4) is 11.4 Å². The maximum Gasteiger partial charge on any atom is 0.230 e. The Morgan fingerprint density at radius 2 is 1.88 bits per heavy atom. The van der Waals surface area contributed by atoms with Crippen LogP contribution in [0.3, 0.4) is 0 Å². The molecule has 4 rings (SSSR count). The molecule has 0 radical (unpaired) electrons. The van der Waals surface area contributed by atoms with E-state index in [2.05, 4.69) is 59.5 Å². The first-order valence-electron chi connectivity index (χ1n) is 11.0. The first-order valence-corrected chi connectivity index (χ1v) is 11.4. The van der Waals surface area contributed by atoms with E-state index in [1.54, 1.807) is 0 Å². The Labute approximate surface area is 194 Å². The van der Waals surface area contributed by atoms with Crippen LogP contribution >= 0.6 is 12.2 Å². The third kappa shape index (κ3) is 5.20. The summed E-state index contributed by atoms with van der Waals surface area (Å²) < 4.78 is 16.1. The summed E-state index contributed by atoms with van der Waals surface area (Å²) in [5.74, 6) is 1.77. The van der Waals surface area contributed by atoms with Gasteiger partial charge in [-0.2, -0.15) is 0 Å². The van der Waals surface area contributed by atoms with E-state index < -0.39 is 0 Å². The monoisotopic (exact) mass is 453 g/mol. The summed E-state index contributed by atoms with van der Waals surface area (Å²) in [6, 6.07) is 16.4. The van der Waals surface area contributed by atoms with Crippen molar-refractivity contribution in [2.75, 3.05) is 51.4 Å². The number of para-hydroxylation sites is 1. The van der Waals surface area contributed by atoms with Crippen molar-refractivity contribution < 1.29 is 9.47 Å². The van der Waals surface area contributed by atoms with Crippen molar-refractivity contribution in [3.63, 3.8) is 0 Å². The Balaban J connectivity index is 1.52. The fraction of sp³-hybridized carbons (Fsp3) is 0.417. The van der Waals surface area contributed by atoms with Crippen LogP contribution in [0.4, 0.5) is 5.95 Å². The van der Waals surface area contributed by atoms with E-state index in [1.807, 2.05) is 28.9 Å². The number of morpholine rings is 1. The van der Waals surface area contributed by atoms with Gasteiger partial charge in [-0.3, -0.25) is 9.47 Å². The highest BCUT2D eigenvalue weighted by Gasteiger charge is 2.22. The number of hydrogen-bond acceptors (Lipinski definition) is 6. The molecule has 3 aromatic rings. The van der Waals surface area contributed by atoms with Gasteiger partial charge in [0.2, 0.25) is 10.7 Å². The minimum atomic E-state index is 0.590. The molecule has 1 fully saturated rings. The van der Waals surface area contributed by atoms with Gasteiger partial charge in [-0.05, 0) is 62.4 Å². The van der Waals surface area contributed by atoms with Crippen LogP contribution < -0.4 is 9.64 Å². The fourth-order valence-electron chi connectivity index (χ4n) is 3.81. The van der Waals surface area contributed by atoms with Crippen molar-refractivity contribution >= 4 is 18.2 Å². The molecule has 0 bridgehead atoms. The van der Waals surface area contributed by atoms with Gasteiger partial charge in [0, 0.05) is 19.6 Å². The number of anilines is 1. The summed E-state index contributed by atoms with van der Waals surface area (Å²) in [4.78, 5) is 4.42. The van der Waals surface area contributed by atoms with Gasteiger partial charge in [-0.25, -0.2) is 4.68 Å². The van der Waals surface area contributed by atoms with Crippen LogP contribution in [0.2, 0.25) is 0 Å². The highest BCUT2D eigenvalue weighted by Crippen LogP contribution is 2.23.